The Hall–Kier alpha value is -3.92. The molecule has 0 saturated carbocycles. The number of aryl methyl sites for hydroxylation is 3. The molecule has 9 nitrogen and oxygen atoms in total. The topological polar surface area (TPSA) is 113 Å². The third kappa shape index (κ3) is 3.99. The van der Waals surface area contributed by atoms with Crippen molar-refractivity contribution in [3.63, 3.8) is 0 Å². The lowest BCUT2D eigenvalue weighted by molar-refractivity contribution is 0.0479. The minimum absolute atomic E-state index is 0.262. The summed E-state index contributed by atoms with van der Waals surface area (Å²) in [5.74, 6) is 0.837. The predicted molar refractivity (Wildman–Crippen MR) is 131 cm³/mol. The monoisotopic (exact) mass is 493 g/mol. The number of nitrogens with one attached hydrogen (secondary N) is 1. The Balaban J connectivity index is 1.36. The van der Waals surface area contributed by atoms with Gasteiger partial charge in [-0.05, 0) is 51.5 Å². The molecule has 0 saturated heterocycles. The Morgan fingerprint density at radius 3 is 2.63 bits per heavy atom. The van der Waals surface area contributed by atoms with E-state index in [4.69, 9.17) is 14.2 Å². The molecular formula is C25H23N3O6S. The van der Waals surface area contributed by atoms with Crippen LogP contribution in [0.1, 0.15) is 42.8 Å². The number of carbonyl (C=O) groups excluding carboxylic acids is 2. The lowest BCUT2D eigenvalue weighted by atomic mass is 10.1. The third-order valence-corrected chi connectivity index (χ3v) is 7.12. The first-order chi connectivity index (χ1) is 16.7. The maximum atomic E-state index is 13.0. The van der Waals surface area contributed by atoms with Gasteiger partial charge in [-0.3, -0.25) is 9.59 Å². The van der Waals surface area contributed by atoms with Gasteiger partial charge in [0.05, 0.1) is 5.39 Å². The van der Waals surface area contributed by atoms with Crippen molar-refractivity contribution in [3.8, 4) is 17.2 Å². The molecule has 5 rings (SSSR count). The number of benzene rings is 1. The van der Waals surface area contributed by atoms with Crippen LogP contribution in [0.15, 0.2) is 29.1 Å². The quantitative estimate of drug-likeness (QED) is 0.332. The van der Waals surface area contributed by atoms with E-state index in [1.54, 1.807) is 19.9 Å². The average molecular weight is 494 g/mol. The second-order valence-electron chi connectivity index (χ2n) is 8.34. The second kappa shape index (κ2) is 8.70. The summed E-state index contributed by atoms with van der Waals surface area (Å²) in [6, 6.07) is 7.41. The van der Waals surface area contributed by atoms with Gasteiger partial charge >= 0.3 is 5.97 Å². The Morgan fingerprint density at radius 1 is 1.11 bits per heavy atom. The Labute approximate surface area is 204 Å². The number of esters is 1. The normalized spacial score (nSPS) is 12.7. The molecule has 1 aromatic carbocycles. The fourth-order valence-electron chi connectivity index (χ4n) is 4.33. The average Bonchev–Trinajstić information content (AvgIpc) is 3.32. The first-order valence-corrected chi connectivity index (χ1v) is 11.9. The van der Waals surface area contributed by atoms with Crippen LogP contribution in [0.4, 0.5) is 0 Å². The highest BCUT2D eigenvalue weighted by Gasteiger charge is 2.23. The summed E-state index contributed by atoms with van der Waals surface area (Å²) in [6.07, 6.45) is 0. The summed E-state index contributed by atoms with van der Waals surface area (Å²) >= 11 is 1.08. The maximum Gasteiger partial charge on any atom is 0.349 e. The van der Waals surface area contributed by atoms with Crippen LogP contribution >= 0.6 is 11.3 Å². The van der Waals surface area contributed by atoms with Crippen LogP contribution in [0.5, 0.6) is 11.5 Å². The van der Waals surface area contributed by atoms with E-state index in [0.717, 1.165) is 28.4 Å². The number of carbonyl (C=O) groups is 2. The number of aromatic amines is 1. The summed E-state index contributed by atoms with van der Waals surface area (Å²) in [4.78, 5) is 45.7. The molecule has 0 fully saturated rings. The van der Waals surface area contributed by atoms with E-state index in [0.29, 0.717) is 51.9 Å². The van der Waals surface area contributed by atoms with E-state index in [1.165, 1.54) is 0 Å². The van der Waals surface area contributed by atoms with E-state index < -0.39 is 12.6 Å². The lowest BCUT2D eigenvalue weighted by Crippen LogP contribution is -2.16. The van der Waals surface area contributed by atoms with Gasteiger partial charge in [-0.15, -0.1) is 11.3 Å². The van der Waals surface area contributed by atoms with Gasteiger partial charge in [0.1, 0.15) is 28.7 Å². The minimum atomic E-state index is -0.656. The number of thiophene rings is 1. The van der Waals surface area contributed by atoms with Crippen LogP contribution in [-0.2, 0) is 4.74 Å². The highest BCUT2D eigenvalue weighted by molar-refractivity contribution is 7.20. The van der Waals surface area contributed by atoms with E-state index >= 15 is 0 Å². The fraction of sp³-hybridized carbons (Fsp3) is 0.280. The Kier molecular flexibility index (Phi) is 5.68. The third-order valence-electron chi connectivity index (χ3n) is 5.95. The summed E-state index contributed by atoms with van der Waals surface area (Å²) in [5, 5.41) is 0.363. The lowest BCUT2D eigenvalue weighted by Gasteiger charge is -2.20. The van der Waals surface area contributed by atoms with E-state index in [-0.39, 0.29) is 16.2 Å². The number of Topliss-reactive ketones (excluding diaryl/α,β-unsaturated/α-hetero) is 1. The number of hydrogen-bond acceptors (Lipinski definition) is 8. The summed E-state index contributed by atoms with van der Waals surface area (Å²) in [6.45, 7) is 7.67. The second-order valence-corrected chi connectivity index (χ2v) is 9.33. The van der Waals surface area contributed by atoms with E-state index in [2.05, 4.69) is 9.97 Å². The van der Waals surface area contributed by atoms with Crippen molar-refractivity contribution >= 4 is 33.3 Å². The zero-order chi connectivity index (χ0) is 24.9. The number of fused-ring (bicyclic) bond motifs is 2. The molecule has 1 N–H and O–H groups in total. The summed E-state index contributed by atoms with van der Waals surface area (Å²) in [7, 11) is 0. The highest BCUT2D eigenvalue weighted by Crippen LogP contribution is 2.33. The molecule has 0 radical (unpaired) electrons. The maximum absolute atomic E-state index is 13.0. The van der Waals surface area contributed by atoms with Crippen molar-refractivity contribution in [2.45, 2.75) is 27.7 Å². The van der Waals surface area contributed by atoms with Crippen LogP contribution < -0.4 is 15.0 Å². The van der Waals surface area contributed by atoms with Crippen LogP contribution in [0.2, 0.25) is 0 Å². The van der Waals surface area contributed by atoms with Crippen LogP contribution in [0.3, 0.4) is 0 Å². The number of aromatic nitrogens is 3. The molecule has 4 heterocycles. The molecule has 1 aliphatic rings. The highest BCUT2D eigenvalue weighted by atomic mass is 32.1. The molecule has 0 unspecified atom stereocenters. The molecule has 35 heavy (non-hydrogen) atoms. The number of ketones is 1. The Morgan fingerprint density at radius 2 is 1.86 bits per heavy atom. The van der Waals surface area contributed by atoms with E-state index in [9.17, 15) is 14.4 Å². The molecule has 0 bridgehead atoms. The number of ether oxygens (including phenoxy) is 3. The zero-order valence-corrected chi connectivity index (χ0v) is 20.5. The predicted octanol–water partition coefficient (Wildman–Crippen LogP) is 3.82. The van der Waals surface area contributed by atoms with Crippen molar-refractivity contribution in [3.05, 3.63) is 67.8 Å². The van der Waals surface area contributed by atoms with Gasteiger partial charge < -0.3 is 23.8 Å². The first-order valence-electron chi connectivity index (χ1n) is 11.0. The van der Waals surface area contributed by atoms with Crippen molar-refractivity contribution in [2.24, 2.45) is 0 Å². The van der Waals surface area contributed by atoms with Gasteiger partial charge in [-0.1, -0.05) is 0 Å². The van der Waals surface area contributed by atoms with Gasteiger partial charge in [0.15, 0.2) is 18.1 Å². The largest absolute Gasteiger partial charge is 0.486 e. The SMILES string of the molecule is Cc1nc2sc(C(=O)OCC(=O)c3cc(C)n(-c4ccc5c(c4)OCCO5)c3C)c(C)c2c(=O)[nH]1. The molecule has 10 heteroatoms. The van der Waals surface area contributed by atoms with Gasteiger partial charge in [-0.2, -0.15) is 0 Å². The van der Waals surface area contributed by atoms with Crippen molar-refractivity contribution < 1.29 is 23.8 Å². The molecule has 4 aromatic rings. The molecular weight excluding hydrogens is 470 g/mol. The summed E-state index contributed by atoms with van der Waals surface area (Å²) in [5.41, 5.74) is 3.08. The molecule has 180 valence electrons. The number of nitrogens with zero attached hydrogens (tertiary/aromatic N) is 2. The van der Waals surface area contributed by atoms with E-state index in [1.807, 2.05) is 36.6 Å². The fourth-order valence-corrected chi connectivity index (χ4v) is 5.46. The van der Waals surface area contributed by atoms with Crippen molar-refractivity contribution in [1.29, 1.82) is 0 Å². The van der Waals surface area contributed by atoms with Gasteiger partial charge in [0.25, 0.3) is 5.56 Å². The number of hydrogen-bond donors (Lipinski definition) is 1. The molecule has 0 amide bonds. The van der Waals surface area contributed by atoms with Gasteiger partial charge in [0, 0.05) is 28.7 Å². The number of rotatable bonds is 5. The van der Waals surface area contributed by atoms with Crippen LogP contribution in [-0.4, -0.2) is 46.1 Å². The summed E-state index contributed by atoms with van der Waals surface area (Å²) < 4.78 is 18.6. The standard InChI is InChI=1S/C25H23N3O6S/c1-12-9-17(14(3)28(12)16-5-6-19-20(10-16)33-8-7-32-19)18(29)11-34-25(31)22-13(2)21-23(30)26-15(4)27-24(21)35-22/h5-6,9-10H,7-8,11H2,1-4H3,(H,26,27,30). The number of H-pyrrole nitrogens is 1. The molecule has 0 atom stereocenters. The van der Waals surface area contributed by atoms with Gasteiger partial charge in [0.2, 0.25) is 5.78 Å². The molecule has 0 aliphatic carbocycles. The molecule has 0 spiro atoms. The van der Waals surface area contributed by atoms with Gasteiger partial charge in [-0.25, -0.2) is 9.78 Å². The minimum Gasteiger partial charge on any atom is -0.486 e. The zero-order valence-electron chi connectivity index (χ0n) is 19.7. The smallest absolute Gasteiger partial charge is 0.349 e. The Bertz CT molecular complexity index is 1560. The van der Waals surface area contributed by atoms with Crippen LogP contribution in [0.25, 0.3) is 15.9 Å². The van der Waals surface area contributed by atoms with Crippen molar-refractivity contribution in [1.82, 2.24) is 14.5 Å². The molecule has 3 aromatic heterocycles. The van der Waals surface area contributed by atoms with Crippen molar-refractivity contribution in [2.75, 3.05) is 19.8 Å². The first kappa shape index (κ1) is 22.9. The molecule has 1 aliphatic heterocycles. The van der Waals surface area contributed by atoms with Crippen LogP contribution in [0, 0.1) is 27.7 Å².